The first-order valence-electron chi connectivity index (χ1n) is 5.68. The van der Waals surface area contributed by atoms with Crippen LogP contribution in [0.5, 0.6) is 0 Å². The van der Waals surface area contributed by atoms with Crippen molar-refractivity contribution in [2.45, 2.75) is 12.8 Å². The number of anilines is 2. The van der Waals surface area contributed by atoms with Crippen molar-refractivity contribution in [2.75, 3.05) is 30.4 Å². The Morgan fingerprint density at radius 2 is 2.12 bits per heavy atom. The van der Waals surface area contributed by atoms with Gasteiger partial charge in [0.15, 0.2) is 0 Å². The molecule has 6 heteroatoms. The maximum absolute atomic E-state index is 10.8. The van der Waals surface area contributed by atoms with Crippen molar-refractivity contribution in [3.05, 3.63) is 12.4 Å². The van der Waals surface area contributed by atoms with Crippen LogP contribution < -0.4 is 10.2 Å². The molecule has 2 rings (SSSR count). The highest BCUT2D eigenvalue weighted by Crippen LogP contribution is 2.21. The summed E-state index contributed by atoms with van der Waals surface area (Å²) in [6, 6.07) is 0. The summed E-state index contributed by atoms with van der Waals surface area (Å²) in [4.78, 5) is 21.4. The first kappa shape index (κ1) is 11.6. The normalized spacial score (nSPS) is 16.9. The van der Waals surface area contributed by atoms with Gasteiger partial charge in [-0.2, -0.15) is 0 Å². The zero-order valence-electron chi connectivity index (χ0n) is 9.76. The zero-order chi connectivity index (χ0) is 12.3. The summed E-state index contributed by atoms with van der Waals surface area (Å²) in [5, 5.41) is 11.8. The van der Waals surface area contributed by atoms with E-state index in [4.69, 9.17) is 5.11 Å². The Morgan fingerprint density at radius 3 is 2.59 bits per heavy atom. The minimum Gasteiger partial charge on any atom is -0.481 e. The van der Waals surface area contributed by atoms with Crippen LogP contribution in [0.25, 0.3) is 0 Å². The lowest BCUT2D eigenvalue weighted by atomic mass is 9.97. The third-order valence-electron chi connectivity index (χ3n) is 3.06. The second-order valence-electron chi connectivity index (χ2n) is 4.11. The number of hydrogen-bond donors (Lipinski definition) is 2. The Hall–Kier alpha value is -1.85. The molecular formula is C11H16N4O2. The van der Waals surface area contributed by atoms with Gasteiger partial charge in [0.2, 0.25) is 0 Å². The molecule has 0 bridgehead atoms. The molecule has 0 unspecified atom stereocenters. The van der Waals surface area contributed by atoms with Crippen molar-refractivity contribution in [2.24, 2.45) is 5.92 Å². The molecule has 0 atom stereocenters. The molecule has 1 aromatic rings. The van der Waals surface area contributed by atoms with Crippen molar-refractivity contribution in [3.63, 3.8) is 0 Å². The molecule has 0 radical (unpaired) electrons. The van der Waals surface area contributed by atoms with E-state index in [0.29, 0.717) is 12.8 Å². The van der Waals surface area contributed by atoms with E-state index in [9.17, 15) is 4.79 Å². The molecule has 0 spiro atoms. The van der Waals surface area contributed by atoms with Crippen LogP contribution in [0.3, 0.4) is 0 Å². The molecular weight excluding hydrogens is 220 g/mol. The van der Waals surface area contributed by atoms with Crippen molar-refractivity contribution in [1.82, 2.24) is 9.97 Å². The predicted octanol–water partition coefficient (Wildman–Crippen LogP) is 0.819. The molecule has 1 saturated heterocycles. The second kappa shape index (κ2) is 4.99. The highest BCUT2D eigenvalue weighted by Gasteiger charge is 2.25. The van der Waals surface area contributed by atoms with E-state index in [0.717, 1.165) is 24.7 Å². The third-order valence-corrected chi connectivity index (χ3v) is 3.06. The van der Waals surface area contributed by atoms with Crippen LogP contribution in [0.15, 0.2) is 12.4 Å². The third kappa shape index (κ3) is 2.64. The Bertz CT molecular complexity index is 385. The van der Waals surface area contributed by atoms with Gasteiger partial charge in [-0.05, 0) is 12.8 Å². The second-order valence-corrected chi connectivity index (χ2v) is 4.11. The van der Waals surface area contributed by atoms with Crippen molar-refractivity contribution in [3.8, 4) is 0 Å². The van der Waals surface area contributed by atoms with Crippen molar-refractivity contribution < 1.29 is 9.90 Å². The van der Waals surface area contributed by atoms with E-state index < -0.39 is 5.97 Å². The number of rotatable bonds is 3. The van der Waals surface area contributed by atoms with Gasteiger partial charge in [-0.1, -0.05) is 0 Å². The highest BCUT2D eigenvalue weighted by molar-refractivity contribution is 5.70. The van der Waals surface area contributed by atoms with Gasteiger partial charge in [0, 0.05) is 20.1 Å². The number of carboxylic acid groups (broad SMARTS) is 1. The topological polar surface area (TPSA) is 78.4 Å². The van der Waals surface area contributed by atoms with Crippen LogP contribution in [0.2, 0.25) is 0 Å². The van der Waals surface area contributed by atoms with Crippen LogP contribution >= 0.6 is 0 Å². The molecule has 1 aromatic heterocycles. The minimum atomic E-state index is -0.693. The zero-order valence-corrected chi connectivity index (χ0v) is 9.76. The molecule has 1 aliphatic heterocycles. The first-order valence-corrected chi connectivity index (χ1v) is 5.68. The number of hydrogen-bond acceptors (Lipinski definition) is 5. The number of nitrogens with one attached hydrogen (secondary N) is 1. The molecule has 17 heavy (non-hydrogen) atoms. The molecule has 2 N–H and O–H groups in total. The van der Waals surface area contributed by atoms with Gasteiger partial charge in [-0.25, -0.2) is 9.97 Å². The standard InChI is InChI=1S/C11H16N4O2/c1-12-9-6-14-10(7-13-9)15-4-2-8(3-5-15)11(16)17/h6-8H,2-5H2,1H3,(H,12,13)(H,16,17). The van der Waals surface area contributed by atoms with Crippen LogP contribution in [-0.4, -0.2) is 41.2 Å². The van der Waals surface area contributed by atoms with Crippen LogP contribution in [0, 0.1) is 5.92 Å². The number of carboxylic acids is 1. The smallest absolute Gasteiger partial charge is 0.306 e. The average Bonchev–Trinajstić information content (AvgIpc) is 2.39. The summed E-state index contributed by atoms with van der Waals surface area (Å²) in [6.45, 7) is 1.45. The lowest BCUT2D eigenvalue weighted by Gasteiger charge is -2.30. The van der Waals surface area contributed by atoms with Gasteiger partial charge in [-0.3, -0.25) is 4.79 Å². The maximum Gasteiger partial charge on any atom is 0.306 e. The molecule has 92 valence electrons. The number of piperidine rings is 1. The van der Waals surface area contributed by atoms with E-state index in [1.807, 2.05) is 0 Å². The molecule has 1 aliphatic rings. The van der Waals surface area contributed by atoms with Crippen LogP contribution in [-0.2, 0) is 4.79 Å². The molecule has 0 aromatic carbocycles. The van der Waals surface area contributed by atoms with E-state index >= 15 is 0 Å². The largest absolute Gasteiger partial charge is 0.481 e. The van der Waals surface area contributed by atoms with Gasteiger partial charge in [0.05, 0.1) is 18.3 Å². The molecule has 0 aliphatic carbocycles. The summed E-state index contributed by atoms with van der Waals surface area (Å²) in [7, 11) is 1.79. The van der Waals surface area contributed by atoms with E-state index in [1.165, 1.54) is 0 Å². The highest BCUT2D eigenvalue weighted by atomic mass is 16.4. The number of aliphatic carboxylic acids is 1. The number of nitrogens with zero attached hydrogens (tertiary/aromatic N) is 3. The van der Waals surface area contributed by atoms with Gasteiger partial charge in [0.1, 0.15) is 11.6 Å². The SMILES string of the molecule is CNc1cnc(N2CCC(C(=O)O)CC2)cn1. The predicted molar refractivity (Wildman–Crippen MR) is 64.2 cm³/mol. The maximum atomic E-state index is 10.8. The molecule has 1 fully saturated rings. The van der Waals surface area contributed by atoms with Crippen molar-refractivity contribution >= 4 is 17.6 Å². The van der Waals surface area contributed by atoms with E-state index in [2.05, 4.69) is 20.2 Å². The monoisotopic (exact) mass is 236 g/mol. The minimum absolute atomic E-state index is 0.212. The fourth-order valence-electron chi connectivity index (χ4n) is 1.97. The lowest BCUT2D eigenvalue weighted by molar-refractivity contribution is -0.142. The van der Waals surface area contributed by atoms with E-state index in [-0.39, 0.29) is 5.92 Å². The Balaban J connectivity index is 1.97. The summed E-state index contributed by atoms with van der Waals surface area (Å²) < 4.78 is 0. The summed E-state index contributed by atoms with van der Waals surface area (Å²) in [6.07, 6.45) is 4.74. The van der Waals surface area contributed by atoms with Gasteiger partial charge in [0.25, 0.3) is 0 Å². The Kier molecular flexibility index (Phi) is 3.41. The van der Waals surface area contributed by atoms with Gasteiger partial charge >= 0.3 is 5.97 Å². The average molecular weight is 236 g/mol. The quantitative estimate of drug-likeness (QED) is 0.809. The summed E-state index contributed by atoms with van der Waals surface area (Å²) in [5.74, 6) is 0.638. The van der Waals surface area contributed by atoms with Crippen LogP contribution in [0.1, 0.15) is 12.8 Å². The molecule has 0 saturated carbocycles. The molecule has 0 amide bonds. The van der Waals surface area contributed by atoms with Crippen LogP contribution in [0.4, 0.5) is 11.6 Å². The Morgan fingerprint density at radius 1 is 1.41 bits per heavy atom. The lowest BCUT2D eigenvalue weighted by Crippen LogP contribution is -2.36. The van der Waals surface area contributed by atoms with Gasteiger partial charge in [-0.15, -0.1) is 0 Å². The van der Waals surface area contributed by atoms with E-state index in [1.54, 1.807) is 19.4 Å². The number of carbonyl (C=O) groups is 1. The summed E-state index contributed by atoms with van der Waals surface area (Å²) in [5.41, 5.74) is 0. The van der Waals surface area contributed by atoms with Gasteiger partial charge < -0.3 is 15.3 Å². The number of aromatic nitrogens is 2. The Labute approximate surface area is 99.7 Å². The van der Waals surface area contributed by atoms with Crippen molar-refractivity contribution in [1.29, 1.82) is 0 Å². The first-order chi connectivity index (χ1) is 8.20. The fourth-order valence-corrected chi connectivity index (χ4v) is 1.97. The fraction of sp³-hybridized carbons (Fsp3) is 0.545. The molecule has 6 nitrogen and oxygen atoms in total. The summed E-state index contributed by atoms with van der Waals surface area (Å²) >= 11 is 0. The molecule has 2 heterocycles.